The topological polar surface area (TPSA) is 161 Å². The van der Waals surface area contributed by atoms with E-state index in [4.69, 9.17) is 15.4 Å². The molecule has 1 heterocycles. The Morgan fingerprint density at radius 3 is 2.56 bits per heavy atom. The lowest BCUT2D eigenvalue weighted by atomic mass is 10.2. The molecule has 0 aliphatic rings. The van der Waals surface area contributed by atoms with Crippen LogP contribution in [-0.2, 0) is 11.3 Å². The monoisotopic (exact) mass is 380 g/mol. The Kier molecular flexibility index (Phi) is 11.8. The number of hydrogen-bond donors (Lipinski definition) is 4. The van der Waals surface area contributed by atoms with Gasteiger partial charge in [-0.25, -0.2) is 4.79 Å². The Balaban J connectivity index is 0.00000153. The van der Waals surface area contributed by atoms with Gasteiger partial charge in [-0.15, -0.1) is 0 Å². The zero-order valence-corrected chi connectivity index (χ0v) is 15.7. The highest BCUT2D eigenvalue weighted by atomic mass is 16.5. The predicted octanol–water partition coefficient (Wildman–Crippen LogP) is 0.383. The normalized spacial score (nSPS) is 11.6. The molecule has 0 spiro atoms. The van der Waals surface area contributed by atoms with Crippen molar-refractivity contribution < 1.29 is 19.2 Å². The lowest BCUT2D eigenvalue weighted by molar-refractivity contribution is -0.115. The number of nitrogens with two attached hydrogens (primary N) is 2. The van der Waals surface area contributed by atoms with Crippen LogP contribution in [-0.4, -0.2) is 51.8 Å². The molecule has 10 heteroatoms. The molecule has 0 aliphatic carbocycles. The molecule has 0 fully saturated rings. The number of carbonyl (C=O) groups excluding carboxylic acids is 2. The number of aromatic nitrogens is 2. The SMILES string of the molecule is C=C/C=C(\C=C)CN(CC)C(=O)NCc1nc(C(N)CO)no1.CC(N)=O. The van der Waals surface area contributed by atoms with Crippen LogP contribution in [0.15, 0.2) is 41.5 Å². The molecule has 150 valence electrons. The molecule has 3 amide bonds. The zero-order valence-electron chi connectivity index (χ0n) is 15.7. The lowest BCUT2D eigenvalue weighted by Gasteiger charge is -2.21. The Morgan fingerprint density at radius 1 is 1.44 bits per heavy atom. The maximum absolute atomic E-state index is 12.2. The third kappa shape index (κ3) is 9.92. The number of hydrogen-bond acceptors (Lipinski definition) is 7. The van der Waals surface area contributed by atoms with Gasteiger partial charge in [-0.2, -0.15) is 4.98 Å². The van der Waals surface area contributed by atoms with Gasteiger partial charge in [0.25, 0.3) is 0 Å². The maximum atomic E-state index is 12.2. The summed E-state index contributed by atoms with van der Waals surface area (Å²) in [5, 5.41) is 15.3. The van der Waals surface area contributed by atoms with E-state index in [1.165, 1.54) is 6.92 Å². The molecule has 10 nitrogen and oxygen atoms in total. The minimum atomic E-state index is -0.700. The lowest BCUT2D eigenvalue weighted by Crippen LogP contribution is -2.40. The number of allylic oxidation sites excluding steroid dienone is 2. The average molecular weight is 380 g/mol. The van der Waals surface area contributed by atoms with E-state index in [9.17, 15) is 9.59 Å². The van der Waals surface area contributed by atoms with Gasteiger partial charge in [0.2, 0.25) is 11.8 Å². The maximum Gasteiger partial charge on any atom is 0.318 e. The second-order valence-electron chi connectivity index (χ2n) is 5.30. The van der Waals surface area contributed by atoms with E-state index in [1.54, 1.807) is 23.1 Å². The Hall–Kier alpha value is -2.98. The molecule has 27 heavy (non-hydrogen) atoms. The van der Waals surface area contributed by atoms with Gasteiger partial charge >= 0.3 is 6.03 Å². The number of primary amides is 1. The molecule has 0 saturated carbocycles. The Bertz CT molecular complexity index is 652. The fourth-order valence-corrected chi connectivity index (χ4v) is 1.72. The molecular formula is C17H28N6O4. The summed E-state index contributed by atoms with van der Waals surface area (Å²) in [4.78, 5) is 27.0. The van der Waals surface area contributed by atoms with Crippen molar-refractivity contribution in [2.24, 2.45) is 11.5 Å². The van der Waals surface area contributed by atoms with E-state index in [1.807, 2.05) is 6.92 Å². The van der Waals surface area contributed by atoms with Crippen molar-refractivity contribution in [1.29, 1.82) is 0 Å². The number of rotatable bonds is 9. The van der Waals surface area contributed by atoms with Gasteiger partial charge in [0.15, 0.2) is 5.82 Å². The molecule has 0 aliphatic heterocycles. The van der Waals surface area contributed by atoms with Crippen molar-refractivity contribution in [3.63, 3.8) is 0 Å². The van der Waals surface area contributed by atoms with Crippen molar-refractivity contribution >= 4 is 11.9 Å². The largest absolute Gasteiger partial charge is 0.394 e. The standard InChI is InChI=1S/C15H23N5O3.C2H5NO/c1-4-7-11(5-2)9-20(6-3)15(22)17-8-13-18-14(19-23-13)12(16)10-21;1-2(3)4/h4-5,7,12,21H,1-2,6,8-10,16H2,3H3,(H,17,22);1H3,(H2,3,4)/b11-7+;. The molecule has 0 radical (unpaired) electrons. The number of aliphatic hydroxyl groups is 1. The van der Waals surface area contributed by atoms with Crippen LogP contribution in [0.3, 0.4) is 0 Å². The number of likely N-dealkylation sites (N-methyl/N-ethyl adjacent to an activating group) is 1. The second kappa shape index (κ2) is 13.3. The van der Waals surface area contributed by atoms with Gasteiger partial charge in [-0.05, 0) is 12.5 Å². The van der Waals surface area contributed by atoms with Crippen molar-refractivity contribution in [2.45, 2.75) is 26.4 Å². The number of urea groups is 1. The van der Waals surface area contributed by atoms with Crippen LogP contribution in [0.4, 0.5) is 4.79 Å². The van der Waals surface area contributed by atoms with Crippen molar-refractivity contribution in [2.75, 3.05) is 19.7 Å². The summed E-state index contributed by atoms with van der Waals surface area (Å²) < 4.78 is 4.97. The number of amides is 3. The molecule has 1 atom stereocenters. The van der Waals surface area contributed by atoms with Gasteiger partial charge in [0.1, 0.15) is 0 Å². The van der Waals surface area contributed by atoms with Gasteiger partial charge < -0.3 is 31.3 Å². The third-order valence-corrected chi connectivity index (χ3v) is 3.04. The minimum absolute atomic E-state index is 0.0784. The molecular weight excluding hydrogens is 352 g/mol. The molecule has 0 saturated heterocycles. The van der Waals surface area contributed by atoms with Crippen LogP contribution in [0.1, 0.15) is 31.6 Å². The van der Waals surface area contributed by atoms with Crippen LogP contribution >= 0.6 is 0 Å². The Morgan fingerprint density at radius 2 is 2.07 bits per heavy atom. The summed E-state index contributed by atoms with van der Waals surface area (Å²) in [6.45, 7) is 11.3. The molecule has 1 unspecified atom stereocenters. The van der Waals surface area contributed by atoms with Crippen molar-refractivity contribution in [3.8, 4) is 0 Å². The molecule has 6 N–H and O–H groups in total. The van der Waals surface area contributed by atoms with Crippen LogP contribution in [0.5, 0.6) is 0 Å². The third-order valence-electron chi connectivity index (χ3n) is 3.04. The molecule has 1 aromatic rings. The Labute approximate surface area is 158 Å². The molecule has 0 aromatic carbocycles. The van der Waals surface area contributed by atoms with E-state index in [0.29, 0.717) is 13.1 Å². The number of aliphatic hydroxyl groups excluding tert-OH is 1. The van der Waals surface area contributed by atoms with E-state index >= 15 is 0 Å². The number of nitrogens with zero attached hydrogens (tertiary/aromatic N) is 3. The smallest absolute Gasteiger partial charge is 0.318 e. The zero-order chi connectivity index (χ0) is 20.8. The van der Waals surface area contributed by atoms with Crippen LogP contribution < -0.4 is 16.8 Å². The number of carbonyl (C=O) groups is 2. The summed E-state index contributed by atoms with van der Waals surface area (Å²) in [6.07, 6.45) is 5.12. The summed E-state index contributed by atoms with van der Waals surface area (Å²) >= 11 is 0. The quantitative estimate of drug-likeness (QED) is 0.450. The van der Waals surface area contributed by atoms with E-state index in [0.717, 1.165) is 5.57 Å². The van der Waals surface area contributed by atoms with Crippen molar-refractivity contribution in [3.05, 3.63) is 48.7 Å². The van der Waals surface area contributed by atoms with Gasteiger partial charge in [-0.3, -0.25) is 4.79 Å². The van der Waals surface area contributed by atoms with Crippen LogP contribution in [0.25, 0.3) is 0 Å². The predicted molar refractivity (Wildman–Crippen MR) is 101 cm³/mol. The van der Waals surface area contributed by atoms with Crippen molar-refractivity contribution in [1.82, 2.24) is 20.4 Å². The van der Waals surface area contributed by atoms with E-state index in [2.05, 4.69) is 34.3 Å². The van der Waals surface area contributed by atoms with Crippen LogP contribution in [0, 0.1) is 0 Å². The first-order chi connectivity index (χ1) is 12.8. The van der Waals surface area contributed by atoms with Gasteiger partial charge in [-0.1, -0.05) is 36.5 Å². The first-order valence-electron chi connectivity index (χ1n) is 8.20. The van der Waals surface area contributed by atoms with Gasteiger partial charge in [0, 0.05) is 20.0 Å². The molecule has 1 rings (SSSR count). The fraction of sp³-hybridized carbons (Fsp3) is 0.412. The van der Waals surface area contributed by atoms with E-state index in [-0.39, 0.29) is 36.8 Å². The van der Waals surface area contributed by atoms with E-state index < -0.39 is 6.04 Å². The number of nitrogens with one attached hydrogen (secondary N) is 1. The minimum Gasteiger partial charge on any atom is -0.394 e. The molecule has 1 aromatic heterocycles. The first kappa shape index (κ1) is 24.0. The second-order valence-corrected chi connectivity index (χ2v) is 5.30. The summed E-state index contributed by atoms with van der Waals surface area (Å²) in [7, 11) is 0. The molecule has 0 bridgehead atoms. The highest BCUT2D eigenvalue weighted by molar-refractivity contribution is 5.74. The fourth-order valence-electron chi connectivity index (χ4n) is 1.72. The highest BCUT2D eigenvalue weighted by Crippen LogP contribution is 2.06. The van der Waals surface area contributed by atoms with Gasteiger partial charge in [0.05, 0.1) is 19.2 Å². The highest BCUT2D eigenvalue weighted by Gasteiger charge is 2.16. The van der Waals surface area contributed by atoms with Crippen LogP contribution in [0.2, 0.25) is 0 Å². The summed E-state index contributed by atoms with van der Waals surface area (Å²) in [5.41, 5.74) is 10.9. The first-order valence-corrected chi connectivity index (χ1v) is 8.20. The summed E-state index contributed by atoms with van der Waals surface area (Å²) in [6, 6.07) is -0.968. The average Bonchev–Trinajstić information content (AvgIpc) is 3.11. The summed E-state index contributed by atoms with van der Waals surface area (Å²) in [5.74, 6) is 0.0887.